The van der Waals surface area contributed by atoms with Gasteiger partial charge in [-0.05, 0) is 38.0 Å². The molecule has 6 heteroatoms. The van der Waals surface area contributed by atoms with Gasteiger partial charge in [-0.25, -0.2) is 4.79 Å². The van der Waals surface area contributed by atoms with Gasteiger partial charge in [-0.2, -0.15) is 0 Å². The largest absolute Gasteiger partial charge is 0.481 e. The zero-order chi connectivity index (χ0) is 15.1. The first kappa shape index (κ1) is 13.9. The second kappa shape index (κ2) is 5.04. The van der Waals surface area contributed by atoms with Gasteiger partial charge in [0, 0.05) is 18.6 Å². The van der Waals surface area contributed by atoms with Crippen molar-refractivity contribution in [3.63, 3.8) is 0 Å². The average molecular weight is 289 g/mol. The van der Waals surface area contributed by atoms with Crippen LogP contribution in [0.25, 0.3) is 11.0 Å². The van der Waals surface area contributed by atoms with Crippen LogP contribution in [-0.4, -0.2) is 27.2 Å². The molecule has 3 N–H and O–H groups in total. The first-order valence-electron chi connectivity index (χ1n) is 7.17. The van der Waals surface area contributed by atoms with Crippen LogP contribution in [0.5, 0.6) is 0 Å². The lowest BCUT2D eigenvalue weighted by atomic mass is 10.00. The molecule has 6 nitrogen and oxygen atoms in total. The molecule has 112 valence electrons. The van der Waals surface area contributed by atoms with Gasteiger partial charge in [0.25, 0.3) is 0 Å². The van der Waals surface area contributed by atoms with Crippen molar-refractivity contribution >= 4 is 17.0 Å². The van der Waals surface area contributed by atoms with Crippen molar-refractivity contribution in [3.8, 4) is 0 Å². The Bertz CT molecular complexity index is 744. The average Bonchev–Trinajstić information content (AvgIpc) is 3.00. The molecule has 0 radical (unpaired) electrons. The fraction of sp³-hybridized carbons (Fsp3) is 0.467. The monoisotopic (exact) mass is 289 g/mol. The van der Waals surface area contributed by atoms with E-state index in [-0.39, 0.29) is 23.7 Å². The summed E-state index contributed by atoms with van der Waals surface area (Å²) in [4.78, 5) is 25.9. The number of carboxylic acids is 1. The SMILES string of the molecule is CC(C)n1c(=O)[nH]c2cc(C3CC(C(=O)O)CN3)ccc21. The molecule has 0 aliphatic carbocycles. The summed E-state index contributed by atoms with van der Waals surface area (Å²) in [6, 6.07) is 5.96. The molecule has 2 atom stereocenters. The Morgan fingerprint density at radius 1 is 1.43 bits per heavy atom. The zero-order valence-electron chi connectivity index (χ0n) is 12.1. The van der Waals surface area contributed by atoms with Crippen LogP contribution in [0.1, 0.15) is 37.9 Å². The summed E-state index contributed by atoms with van der Waals surface area (Å²) in [6.07, 6.45) is 0.579. The Balaban J connectivity index is 1.96. The van der Waals surface area contributed by atoms with Crippen molar-refractivity contribution in [3.05, 3.63) is 34.2 Å². The minimum Gasteiger partial charge on any atom is -0.481 e. The number of H-pyrrole nitrogens is 1. The maximum Gasteiger partial charge on any atom is 0.326 e. The summed E-state index contributed by atoms with van der Waals surface area (Å²) in [5.41, 5.74) is 2.58. The van der Waals surface area contributed by atoms with Crippen LogP contribution in [0.2, 0.25) is 0 Å². The molecule has 0 amide bonds. The van der Waals surface area contributed by atoms with Crippen molar-refractivity contribution in [2.45, 2.75) is 32.4 Å². The van der Waals surface area contributed by atoms with Gasteiger partial charge in [0.15, 0.2) is 0 Å². The van der Waals surface area contributed by atoms with Gasteiger partial charge >= 0.3 is 11.7 Å². The molecule has 1 aromatic heterocycles. The van der Waals surface area contributed by atoms with Gasteiger partial charge in [0.1, 0.15) is 0 Å². The normalized spacial score (nSPS) is 22.2. The fourth-order valence-corrected chi connectivity index (χ4v) is 3.06. The Hall–Kier alpha value is -2.08. The van der Waals surface area contributed by atoms with Gasteiger partial charge in [-0.15, -0.1) is 0 Å². The molecule has 21 heavy (non-hydrogen) atoms. The predicted molar refractivity (Wildman–Crippen MR) is 79.4 cm³/mol. The number of carboxylic acid groups (broad SMARTS) is 1. The summed E-state index contributed by atoms with van der Waals surface area (Å²) < 4.78 is 1.72. The van der Waals surface area contributed by atoms with Crippen molar-refractivity contribution in [1.82, 2.24) is 14.9 Å². The standard InChI is InChI=1S/C15H19N3O3/c1-8(2)18-13-4-3-9(5-12(13)17-15(18)21)11-6-10(7-16-11)14(19)20/h3-5,8,10-11,16H,6-7H2,1-2H3,(H,17,21)(H,19,20). The second-order valence-corrected chi connectivity index (χ2v) is 5.90. The van der Waals surface area contributed by atoms with Crippen LogP contribution < -0.4 is 11.0 Å². The molecular formula is C15H19N3O3. The van der Waals surface area contributed by atoms with Gasteiger partial charge in [-0.1, -0.05) is 6.07 Å². The maximum atomic E-state index is 12.0. The smallest absolute Gasteiger partial charge is 0.326 e. The highest BCUT2D eigenvalue weighted by molar-refractivity contribution is 5.76. The van der Waals surface area contributed by atoms with E-state index < -0.39 is 5.97 Å². The van der Waals surface area contributed by atoms with Crippen molar-refractivity contribution in [2.75, 3.05) is 6.54 Å². The van der Waals surface area contributed by atoms with Crippen molar-refractivity contribution in [2.24, 2.45) is 5.92 Å². The first-order valence-corrected chi connectivity index (χ1v) is 7.17. The minimum absolute atomic E-state index is 0.0291. The van der Waals surface area contributed by atoms with Gasteiger partial charge in [-0.3, -0.25) is 9.36 Å². The highest BCUT2D eigenvalue weighted by Crippen LogP contribution is 2.29. The van der Waals surface area contributed by atoms with Crippen LogP contribution in [0.4, 0.5) is 0 Å². The third kappa shape index (κ3) is 2.35. The van der Waals surface area contributed by atoms with Crippen LogP contribution in [0.3, 0.4) is 0 Å². The molecule has 1 aromatic carbocycles. The lowest BCUT2D eigenvalue weighted by Crippen LogP contribution is -2.18. The molecule has 1 saturated heterocycles. The summed E-state index contributed by atoms with van der Waals surface area (Å²) in [7, 11) is 0. The number of hydrogen-bond donors (Lipinski definition) is 3. The summed E-state index contributed by atoms with van der Waals surface area (Å²) in [6.45, 7) is 4.43. The fourth-order valence-electron chi connectivity index (χ4n) is 3.06. The molecule has 1 aliphatic heterocycles. The van der Waals surface area contributed by atoms with E-state index in [0.29, 0.717) is 13.0 Å². The number of fused-ring (bicyclic) bond motifs is 1. The molecule has 0 bridgehead atoms. The Labute approximate surface area is 121 Å². The van der Waals surface area contributed by atoms with Crippen LogP contribution in [0.15, 0.2) is 23.0 Å². The molecule has 0 saturated carbocycles. The minimum atomic E-state index is -0.759. The Morgan fingerprint density at radius 2 is 2.19 bits per heavy atom. The van der Waals surface area contributed by atoms with Crippen LogP contribution in [0, 0.1) is 5.92 Å². The van der Waals surface area contributed by atoms with E-state index in [1.165, 1.54) is 0 Å². The number of nitrogens with zero attached hydrogens (tertiary/aromatic N) is 1. The van der Waals surface area contributed by atoms with Gasteiger partial charge in [0.2, 0.25) is 0 Å². The number of aliphatic carboxylic acids is 1. The number of benzene rings is 1. The Kier molecular flexibility index (Phi) is 3.33. The summed E-state index contributed by atoms with van der Waals surface area (Å²) >= 11 is 0. The van der Waals surface area contributed by atoms with E-state index in [2.05, 4.69) is 10.3 Å². The zero-order valence-corrected chi connectivity index (χ0v) is 12.1. The lowest BCUT2D eigenvalue weighted by Gasteiger charge is -2.11. The maximum absolute atomic E-state index is 12.0. The number of aromatic amines is 1. The van der Waals surface area contributed by atoms with E-state index in [9.17, 15) is 9.59 Å². The Morgan fingerprint density at radius 3 is 2.81 bits per heavy atom. The molecule has 0 spiro atoms. The number of rotatable bonds is 3. The number of hydrogen-bond acceptors (Lipinski definition) is 3. The molecule has 2 aromatic rings. The van der Waals surface area contributed by atoms with Gasteiger partial charge < -0.3 is 15.4 Å². The third-order valence-corrected chi connectivity index (χ3v) is 4.14. The number of imidazole rings is 1. The quantitative estimate of drug-likeness (QED) is 0.801. The van der Waals surface area contributed by atoms with E-state index in [1.807, 2.05) is 32.0 Å². The predicted octanol–water partition coefficient (Wildman–Crippen LogP) is 1.65. The number of carbonyl (C=O) groups is 1. The van der Waals surface area contributed by atoms with E-state index in [4.69, 9.17) is 5.11 Å². The van der Waals surface area contributed by atoms with Crippen molar-refractivity contribution < 1.29 is 9.90 Å². The molecule has 2 heterocycles. The molecular weight excluding hydrogens is 270 g/mol. The van der Waals surface area contributed by atoms with E-state index >= 15 is 0 Å². The van der Waals surface area contributed by atoms with Crippen molar-refractivity contribution in [1.29, 1.82) is 0 Å². The molecule has 3 rings (SSSR count). The highest BCUT2D eigenvalue weighted by atomic mass is 16.4. The summed E-state index contributed by atoms with van der Waals surface area (Å²) in [5, 5.41) is 12.3. The molecule has 1 aliphatic rings. The summed E-state index contributed by atoms with van der Waals surface area (Å²) in [5.74, 6) is -1.10. The van der Waals surface area contributed by atoms with E-state index in [1.54, 1.807) is 4.57 Å². The van der Waals surface area contributed by atoms with Gasteiger partial charge in [0.05, 0.1) is 17.0 Å². The number of nitrogens with one attached hydrogen (secondary N) is 2. The second-order valence-electron chi connectivity index (χ2n) is 5.90. The first-order chi connectivity index (χ1) is 9.97. The van der Waals surface area contributed by atoms with Crippen LogP contribution >= 0.6 is 0 Å². The third-order valence-electron chi connectivity index (χ3n) is 4.14. The van der Waals surface area contributed by atoms with Crippen LogP contribution in [-0.2, 0) is 4.79 Å². The topological polar surface area (TPSA) is 87.1 Å². The lowest BCUT2D eigenvalue weighted by molar-refractivity contribution is -0.141. The van der Waals surface area contributed by atoms with E-state index in [0.717, 1.165) is 16.6 Å². The molecule has 1 fully saturated rings. The number of aromatic nitrogens is 2. The molecule has 2 unspecified atom stereocenters. The highest BCUT2D eigenvalue weighted by Gasteiger charge is 2.30.